The highest BCUT2D eigenvalue weighted by Gasteiger charge is 2.43. The smallest absolute Gasteiger partial charge is 0.265 e. The molecule has 0 radical (unpaired) electrons. The first-order valence-electron chi connectivity index (χ1n) is 14.0. The summed E-state index contributed by atoms with van der Waals surface area (Å²) in [5.74, 6) is 2.78. The van der Waals surface area contributed by atoms with Gasteiger partial charge >= 0.3 is 0 Å². The fourth-order valence-corrected chi connectivity index (χ4v) is 6.70. The van der Waals surface area contributed by atoms with Crippen molar-refractivity contribution in [3.05, 3.63) is 48.4 Å². The summed E-state index contributed by atoms with van der Waals surface area (Å²) >= 11 is 1.17. The van der Waals surface area contributed by atoms with E-state index in [4.69, 9.17) is 4.98 Å². The normalized spacial score (nSPS) is 28.7. The van der Waals surface area contributed by atoms with E-state index < -0.39 is 0 Å². The monoisotopic (exact) mass is 538 g/mol. The van der Waals surface area contributed by atoms with Crippen LogP contribution >= 0.6 is 11.9 Å². The van der Waals surface area contributed by atoms with Crippen LogP contribution in [0.4, 0.5) is 5.82 Å². The highest BCUT2D eigenvalue weighted by molar-refractivity contribution is 8.13. The second kappa shape index (κ2) is 11.4. The van der Waals surface area contributed by atoms with Crippen LogP contribution in [0.2, 0.25) is 0 Å². The number of anilines is 1. The van der Waals surface area contributed by atoms with Gasteiger partial charge in [0, 0.05) is 41.2 Å². The summed E-state index contributed by atoms with van der Waals surface area (Å²) in [6.07, 6.45) is 6.08. The van der Waals surface area contributed by atoms with E-state index in [0.29, 0.717) is 40.2 Å². The molecular weight excluding hydrogens is 492 g/mol. The zero-order valence-corrected chi connectivity index (χ0v) is 24.9. The summed E-state index contributed by atoms with van der Waals surface area (Å²) in [6.45, 7) is 24.6. The molecule has 8 heteroatoms. The molecule has 4 rings (SSSR count). The van der Waals surface area contributed by atoms with Crippen molar-refractivity contribution < 1.29 is 4.79 Å². The van der Waals surface area contributed by atoms with Crippen molar-refractivity contribution >= 4 is 28.7 Å². The van der Waals surface area contributed by atoms with Gasteiger partial charge in [0.05, 0.1) is 5.56 Å². The molecule has 3 aliphatic heterocycles. The second-order valence-electron chi connectivity index (χ2n) is 12.9. The van der Waals surface area contributed by atoms with Gasteiger partial charge in [0.2, 0.25) is 0 Å². The lowest BCUT2D eigenvalue weighted by Crippen LogP contribution is -2.43. The van der Waals surface area contributed by atoms with Gasteiger partial charge in [-0.05, 0) is 88.6 Å². The summed E-state index contributed by atoms with van der Waals surface area (Å²) in [7, 11) is 0. The Morgan fingerprint density at radius 1 is 1.18 bits per heavy atom. The Balaban J connectivity index is 1.76. The van der Waals surface area contributed by atoms with Crippen molar-refractivity contribution in [1.82, 2.24) is 20.3 Å². The van der Waals surface area contributed by atoms with Gasteiger partial charge in [0.1, 0.15) is 16.7 Å². The van der Waals surface area contributed by atoms with E-state index in [-0.39, 0.29) is 16.9 Å². The molecular formula is C30H46N6OS. The largest absolute Gasteiger partial charge is 0.368 e. The van der Waals surface area contributed by atoms with Gasteiger partial charge in [-0.2, -0.15) is 0 Å². The number of hydrogen-bond acceptors (Lipinski definition) is 7. The van der Waals surface area contributed by atoms with Crippen molar-refractivity contribution in [1.29, 1.82) is 0 Å². The SMILES string of the molecule is C=C/C1=N\C(=C)NC(C2CCNCC2)CC(C)C2CN(c3nc(C(C)(C)C)ccc3C(=O)NS1)C(C)(C)C2. The first-order chi connectivity index (χ1) is 17.9. The van der Waals surface area contributed by atoms with Crippen LogP contribution in [-0.2, 0) is 5.41 Å². The van der Waals surface area contributed by atoms with Crippen molar-refractivity contribution in [2.75, 3.05) is 24.5 Å². The summed E-state index contributed by atoms with van der Waals surface area (Å²) < 4.78 is 2.99. The van der Waals surface area contributed by atoms with Gasteiger partial charge < -0.3 is 15.5 Å². The molecule has 1 aromatic rings. The third-order valence-electron chi connectivity index (χ3n) is 8.46. The lowest BCUT2D eigenvalue weighted by molar-refractivity contribution is 0.0984. The minimum atomic E-state index is -0.180. The van der Waals surface area contributed by atoms with E-state index in [0.717, 1.165) is 56.8 Å². The molecule has 208 valence electrons. The minimum absolute atomic E-state index is 0.114. The second-order valence-corrected chi connectivity index (χ2v) is 13.7. The lowest BCUT2D eigenvalue weighted by atomic mass is 9.79. The molecule has 0 spiro atoms. The number of nitrogens with one attached hydrogen (secondary N) is 3. The number of nitrogens with zero attached hydrogens (tertiary/aromatic N) is 3. The Labute approximate surface area is 233 Å². The average molecular weight is 539 g/mol. The van der Waals surface area contributed by atoms with Crippen LogP contribution in [0.25, 0.3) is 0 Å². The van der Waals surface area contributed by atoms with Gasteiger partial charge in [-0.1, -0.05) is 40.9 Å². The van der Waals surface area contributed by atoms with E-state index in [1.54, 1.807) is 6.08 Å². The van der Waals surface area contributed by atoms with Crippen molar-refractivity contribution in [3.63, 3.8) is 0 Å². The van der Waals surface area contributed by atoms with Gasteiger partial charge in [-0.3, -0.25) is 9.52 Å². The first-order valence-corrected chi connectivity index (χ1v) is 14.8. The molecule has 3 aliphatic rings. The summed E-state index contributed by atoms with van der Waals surface area (Å²) in [5, 5.41) is 7.78. The van der Waals surface area contributed by atoms with Crippen LogP contribution in [0, 0.1) is 17.8 Å². The van der Waals surface area contributed by atoms with E-state index >= 15 is 0 Å². The number of pyridine rings is 1. The molecule has 4 heterocycles. The van der Waals surface area contributed by atoms with Gasteiger partial charge in [0.25, 0.3) is 5.91 Å². The lowest BCUT2D eigenvalue weighted by Gasteiger charge is -2.35. The molecule has 3 unspecified atom stereocenters. The first kappa shape index (κ1) is 28.7. The maximum Gasteiger partial charge on any atom is 0.265 e. The fourth-order valence-electron chi connectivity index (χ4n) is 6.15. The zero-order chi connectivity index (χ0) is 27.7. The van der Waals surface area contributed by atoms with Crippen molar-refractivity contribution in [2.24, 2.45) is 22.7 Å². The maximum absolute atomic E-state index is 13.5. The maximum atomic E-state index is 13.5. The molecule has 2 bridgehead atoms. The summed E-state index contributed by atoms with van der Waals surface area (Å²) in [4.78, 5) is 25.7. The Bertz CT molecular complexity index is 1080. The quantitative estimate of drug-likeness (QED) is 0.437. The molecule has 2 fully saturated rings. The van der Waals surface area contributed by atoms with E-state index in [1.807, 2.05) is 12.1 Å². The number of hydrogen-bond donors (Lipinski definition) is 3. The molecule has 38 heavy (non-hydrogen) atoms. The number of carbonyl (C=O) groups excluding carboxylic acids is 1. The molecule has 0 saturated carbocycles. The number of fused-ring (bicyclic) bond motifs is 4. The van der Waals surface area contributed by atoms with Gasteiger partial charge in [-0.25, -0.2) is 9.98 Å². The highest BCUT2D eigenvalue weighted by Crippen LogP contribution is 2.42. The average Bonchev–Trinajstić information content (AvgIpc) is 3.19. The molecule has 2 saturated heterocycles. The molecule has 0 aliphatic carbocycles. The molecule has 7 nitrogen and oxygen atoms in total. The Hall–Kier alpha value is -2.32. The van der Waals surface area contributed by atoms with Crippen LogP contribution in [-0.4, -0.2) is 47.1 Å². The van der Waals surface area contributed by atoms with E-state index in [9.17, 15) is 4.79 Å². The predicted molar refractivity (Wildman–Crippen MR) is 161 cm³/mol. The van der Waals surface area contributed by atoms with Crippen molar-refractivity contribution in [2.45, 2.75) is 84.2 Å². The molecule has 1 amide bonds. The third kappa shape index (κ3) is 6.45. The topological polar surface area (TPSA) is 81.7 Å². The number of aromatic nitrogens is 1. The zero-order valence-electron chi connectivity index (χ0n) is 24.1. The van der Waals surface area contributed by atoms with Crippen LogP contribution in [0.3, 0.4) is 0 Å². The van der Waals surface area contributed by atoms with Gasteiger partial charge in [-0.15, -0.1) is 0 Å². The number of amides is 1. The van der Waals surface area contributed by atoms with Gasteiger partial charge in [0.15, 0.2) is 0 Å². The van der Waals surface area contributed by atoms with Crippen LogP contribution in [0.5, 0.6) is 0 Å². The minimum Gasteiger partial charge on any atom is -0.368 e. The van der Waals surface area contributed by atoms with Crippen LogP contribution in [0.15, 0.2) is 42.2 Å². The Kier molecular flexibility index (Phi) is 8.62. The van der Waals surface area contributed by atoms with E-state index in [1.165, 1.54) is 11.9 Å². The highest BCUT2D eigenvalue weighted by atomic mass is 32.2. The van der Waals surface area contributed by atoms with Crippen molar-refractivity contribution in [3.8, 4) is 0 Å². The molecule has 3 atom stereocenters. The number of piperidine rings is 1. The van der Waals surface area contributed by atoms with E-state index in [2.05, 4.69) is 79.9 Å². The van der Waals surface area contributed by atoms with Crippen LogP contribution in [0.1, 0.15) is 83.3 Å². The summed E-state index contributed by atoms with van der Waals surface area (Å²) in [5.41, 5.74) is 1.35. The Morgan fingerprint density at radius 3 is 2.55 bits per heavy atom. The number of carbonyl (C=O) groups is 1. The summed E-state index contributed by atoms with van der Waals surface area (Å²) in [6, 6.07) is 4.22. The predicted octanol–water partition coefficient (Wildman–Crippen LogP) is 5.42. The number of aliphatic imine (C=N–C) groups is 1. The fraction of sp³-hybridized carbons (Fsp3) is 0.633. The third-order valence-corrected chi connectivity index (χ3v) is 9.21. The molecule has 1 aromatic heterocycles. The molecule has 3 N–H and O–H groups in total. The molecule has 0 aromatic carbocycles. The number of rotatable bonds is 2. The standard InChI is InChI=1S/C30H46N6OS/c1-9-26-33-20(3)32-24(21-12-14-31-15-13-21)16-19(2)22-17-30(7,8)36(18-22)27-23(28(37)35-38-26)10-11-25(34-27)29(4,5)6/h9-11,19,21-22,24,31-32H,1,3,12-18H2,2,4-8H3,(H,35,37)/b33-26+. The Morgan fingerprint density at radius 2 is 1.89 bits per heavy atom. The van der Waals surface area contributed by atoms with Crippen LogP contribution < -0.4 is 20.3 Å².